The lowest BCUT2D eigenvalue weighted by Gasteiger charge is -2.35. The van der Waals surface area contributed by atoms with Crippen LogP contribution >= 0.6 is 11.6 Å². The number of rotatable bonds is 2. The third kappa shape index (κ3) is 2.63. The molecular weight excluding hydrogens is 236 g/mol. The first kappa shape index (κ1) is 12.4. The first-order valence-corrected chi connectivity index (χ1v) is 6.38. The summed E-state index contributed by atoms with van der Waals surface area (Å²) in [7, 11) is 0. The molecule has 0 aliphatic heterocycles. The van der Waals surface area contributed by atoms with Crippen LogP contribution in [0.5, 0.6) is 0 Å². The summed E-state index contributed by atoms with van der Waals surface area (Å²) < 4.78 is 0. The van der Waals surface area contributed by atoms with Crippen LogP contribution in [0.2, 0.25) is 5.02 Å². The van der Waals surface area contributed by atoms with E-state index < -0.39 is 11.4 Å². The Morgan fingerprint density at radius 2 is 2.06 bits per heavy atom. The molecule has 1 aromatic carbocycles. The largest absolute Gasteiger partial charge is 0.481 e. The summed E-state index contributed by atoms with van der Waals surface area (Å²) in [5, 5.41) is 10.0. The van der Waals surface area contributed by atoms with Gasteiger partial charge in [-0.1, -0.05) is 30.2 Å². The zero-order valence-electron chi connectivity index (χ0n) is 9.95. The maximum atomic E-state index is 11.3. The highest BCUT2D eigenvalue weighted by Crippen LogP contribution is 2.43. The molecule has 0 aromatic heterocycles. The molecule has 0 spiro atoms. The van der Waals surface area contributed by atoms with Gasteiger partial charge in [-0.3, -0.25) is 4.79 Å². The van der Waals surface area contributed by atoms with Gasteiger partial charge in [0.25, 0.3) is 0 Å². The predicted octanol–water partition coefficient (Wildman–Crippen LogP) is 4.09. The van der Waals surface area contributed by atoms with Gasteiger partial charge < -0.3 is 5.11 Å². The molecule has 1 N–H and O–H groups in total. The molecule has 92 valence electrons. The van der Waals surface area contributed by atoms with Crippen LogP contribution in [-0.4, -0.2) is 11.1 Å². The fourth-order valence-corrected chi connectivity index (χ4v) is 2.83. The van der Waals surface area contributed by atoms with E-state index in [1.54, 1.807) is 0 Å². The monoisotopic (exact) mass is 252 g/mol. The first-order valence-electron chi connectivity index (χ1n) is 6.00. The number of carbonyl (C=O) groups is 1. The molecule has 0 saturated heterocycles. The van der Waals surface area contributed by atoms with Crippen molar-refractivity contribution in [2.45, 2.75) is 38.5 Å². The van der Waals surface area contributed by atoms with Crippen molar-refractivity contribution in [1.29, 1.82) is 0 Å². The van der Waals surface area contributed by atoms with Crippen molar-refractivity contribution < 1.29 is 9.90 Å². The number of carboxylic acid groups (broad SMARTS) is 1. The fourth-order valence-electron chi connectivity index (χ4n) is 2.70. The van der Waals surface area contributed by atoms with E-state index in [9.17, 15) is 9.90 Å². The molecule has 2 atom stereocenters. The quantitative estimate of drug-likeness (QED) is 0.861. The molecule has 2 rings (SSSR count). The molecule has 1 aromatic rings. The molecule has 0 heterocycles. The van der Waals surface area contributed by atoms with Crippen LogP contribution in [0.15, 0.2) is 24.3 Å². The summed E-state index contributed by atoms with van der Waals surface area (Å²) in [5.74, 6) is -0.321. The second-order valence-corrected chi connectivity index (χ2v) is 5.65. The third-order valence-corrected chi connectivity index (χ3v) is 4.09. The lowest BCUT2D eigenvalue weighted by molar-refractivity contribution is -0.150. The average molecular weight is 253 g/mol. The molecule has 0 amide bonds. The molecule has 1 fully saturated rings. The van der Waals surface area contributed by atoms with Gasteiger partial charge in [-0.05, 0) is 49.8 Å². The van der Waals surface area contributed by atoms with Gasteiger partial charge in [0, 0.05) is 5.02 Å². The van der Waals surface area contributed by atoms with Crippen molar-refractivity contribution in [2.75, 3.05) is 0 Å². The summed E-state index contributed by atoms with van der Waals surface area (Å²) in [6.45, 7) is 1.86. The van der Waals surface area contributed by atoms with E-state index in [-0.39, 0.29) is 0 Å². The second-order valence-electron chi connectivity index (χ2n) is 5.21. The summed E-state index contributed by atoms with van der Waals surface area (Å²) >= 11 is 5.86. The summed E-state index contributed by atoms with van der Waals surface area (Å²) in [6.07, 6.45) is 3.57. The highest BCUT2D eigenvalue weighted by molar-refractivity contribution is 6.30. The molecule has 0 bridgehead atoms. The van der Waals surface area contributed by atoms with E-state index in [2.05, 4.69) is 0 Å². The molecule has 0 unspecified atom stereocenters. The van der Waals surface area contributed by atoms with Crippen molar-refractivity contribution in [1.82, 2.24) is 0 Å². The Kier molecular flexibility index (Phi) is 3.43. The van der Waals surface area contributed by atoms with E-state index in [0.29, 0.717) is 5.92 Å². The Bertz CT molecular complexity index is 413. The standard InChI is InChI=1S/C14H17ClO2/c1-14(13(16)17)8-2-3-11(9-14)10-4-6-12(15)7-5-10/h4-7,11H,2-3,8-9H2,1H3,(H,16,17)/t11-,14+/m0/s1. The van der Waals surface area contributed by atoms with Crippen LogP contribution in [0.4, 0.5) is 0 Å². The van der Waals surface area contributed by atoms with Crippen LogP contribution in [0.25, 0.3) is 0 Å². The van der Waals surface area contributed by atoms with E-state index in [1.165, 1.54) is 5.56 Å². The molecule has 2 nitrogen and oxygen atoms in total. The minimum Gasteiger partial charge on any atom is -0.481 e. The van der Waals surface area contributed by atoms with Gasteiger partial charge in [0.15, 0.2) is 0 Å². The number of aliphatic carboxylic acids is 1. The third-order valence-electron chi connectivity index (χ3n) is 3.84. The fraction of sp³-hybridized carbons (Fsp3) is 0.500. The molecule has 0 radical (unpaired) electrons. The van der Waals surface area contributed by atoms with E-state index >= 15 is 0 Å². The van der Waals surface area contributed by atoms with Gasteiger partial charge in [0.1, 0.15) is 0 Å². The molecule has 1 saturated carbocycles. The van der Waals surface area contributed by atoms with Crippen molar-refractivity contribution in [2.24, 2.45) is 5.41 Å². The minimum atomic E-state index is -0.670. The zero-order valence-corrected chi connectivity index (χ0v) is 10.7. The smallest absolute Gasteiger partial charge is 0.309 e. The maximum absolute atomic E-state index is 11.3. The number of halogens is 1. The Hall–Kier alpha value is -1.02. The zero-order chi connectivity index (χ0) is 12.5. The predicted molar refractivity (Wildman–Crippen MR) is 68.4 cm³/mol. The maximum Gasteiger partial charge on any atom is 0.309 e. The molecule has 1 aliphatic carbocycles. The van der Waals surface area contributed by atoms with Crippen LogP contribution in [0.3, 0.4) is 0 Å². The minimum absolute atomic E-state index is 0.349. The lowest BCUT2D eigenvalue weighted by atomic mass is 9.69. The Morgan fingerprint density at radius 1 is 1.41 bits per heavy atom. The van der Waals surface area contributed by atoms with E-state index in [4.69, 9.17) is 11.6 Å². The SMILES string of the molecule is C[C@@]1(C(=O)O)CCC[C@H](c2ccc(Cl)cc2)C1. The average Bonchev–Trinajstić information content (AvgIpc) is 2.30. The molecular formula is C14H17ClO2. The number of hydrogen-bond acceptors (Lipinski definition) is 1. The summed E-state index contributed by atoms with van der Waals surface area (Å²) in [5.41, 5.74) is 0.643. The number of hydrogen-bond donors (Lipinski definition) is 1. The van der Waals surface area contributed by atoms with Crippen molar-refractivity contribution in [3.8, 4) is 0 Å². The van der Waals surface area contributed by atoms with Crippen LogP contribution in [-0.2, 0) is 4.79 Å². The van der Waals surface area contributed by atoms with Gasteiger partial charge in [0.05, 0.1) is 5.41 Å². The van der Waals surface area contributed by atoms with Gasteiger partial charge in [-0.2, -0.15) is 0 Å². The highest BCUT2D eigenvalue weighted by Gasteiger charge is 2.38. The van der Waals surface area contributed by atoms with Crippen molar-refractivity contribution in [3.05, 3.63) is 34.9 Å². The van der Waals surface area contributed by atoms with Gasteiger partial charge in [-0.15, -0.1) is 0 Å². The van der Waals surface area contributed by atoms with Crippen molar-refractivity contribution >= 4 is 17.6 Å². The normalized spacial score (nSPS) is 28.9. The molecule has 3 heteroatoms. The van der Waals surface area contributed by atoms with Crippen LogP contribution < -0.4 is 0 Å². The van der Waals surface area contributed by atoms with Gasteiger partial charge >= 0.3 is 5.97 Å². The topological polar surface area (TPSA) is 37.3 Å². The summed E-state index contributed by atoms with van der Waals surface area (Å²) in [6, 6.07) is 7.79. The van der Waals surface area contributed by atoms with Crippen LogP contribution in [0, 0.1) is 5.41 Å². The van der Waals surface area contributed by atoms with Gasteiger partial charge in [0.2, 0.25) is 0 Å². The molecule has 1 aliphatic rings. The number of carboxylic acids is 1. The second kappa shape index (κ2) is 4.69. The van der Waals surface area contributed by atoms with E-state index in [1.807, 2.05) is 31.2 Å². The van der Waals surface area contributed by atoms with Gasteiger partial charge in [-0.25, -0.2) is 0 Å². The first-order chi connectivity index (χ1) is 8.01. The number of benzene rings is 1. The Labute approximate surface area is 107 Å². The Morgan fingerprint density at radius 3 is 2.65 bits per heavy atom. The van der Waals surface area contributed by atoms with Crippen molar-refractivity contribution in [3.63, 3.8) is 0 Å². The molecule has 17 heavy (non-hydrogen) atoms. The Balaban J connectivity index is 2.17. The summed E-state index contributed by atoms with van der Waals surface area (Å²) in [4.78, 5) is 11.3. The lowest BCUT2D eigenvalue weighted by Crippen LogP contribution is -2.32. The van der Waals surface area contributed by atoms with Crippen LogP contribution in [0.1, 0.15) is 44.1 Å². The van der Waals surface area contributed by atoms with E-state index in [0.717, 1.165) is 30.7 Å². The highest BCUT2D eigenvalue weighted by atomic mass is 35.5.